The number of benzene rings is 2. The van der Waals surface area contributed by atoms with E-state index in [1.54, 1.807) is 36.4 Å². The number of likely N-dealkylation sites (tertiary alicyclic amines) is 1. The molecule has 176 valence electrons. The van der Waals surface area contributed by atoms with E-state index >= 15 is 0 Å². The first kappa shape index (κ1) is 24.5. The highest BCUT2D eigenvalue weighted by Gasteiger charge is 2.46. The van der Waals surface area contributed by atoms with E-state index in [2.05, 4.69) is 0 Å². The van der Waals surface area contributed by atoms with Gasteiger partial charge in [0.2, 0.25) is 0 Å². The van der Waals surface area contributed by atoms with Gasteiger partial charge in [0.25, 0.3) is 11.7 Å². The van der Waals surface area contributed by atoms with E-state index in [1.807, 2.05) is 20.8 Å². The summed E-state index contributed by atoms with van der Waals surface area (Å²) in [6.45, 7) is 6.84. The van der Waals surface area contributed by atoms with Crippen molar-refractivity contribution in [2.45, 2.75) is 33.2 Å². The summed E-state index contributed by atoms with van der Waals surface area (Å²) in [5.74, 6) is -0.289. The second-order valence-electron chi connectivity index (χ2n) is 7.41. The average Bonchev–Trinajstić information content (AvgIpc) is 3.06. The van der Waals surface area contributed by atoms with Crippen LogP contribution < -0.4 is 14.2 Å². The predicted molar refractivity (Wildman–Crippen MR) is 126 cm³/mol. The molecule has 1 atom stereocenters. The van der Waals surface area contributed by atoms with Gasteiger partial charge in [-0.2, -0.15) is 0 Å². The van der Waals surface area contributed by atoms with E-state index in [-0.39, 0.29) is 21.9 Å². The molecule has 1 heterocycles. The quantitative estimate of drug-likeness (QED) is 0.314. The molecule has 8 heteroatoms. The summed E-state index contributed by atoms with van der Waals surface area (Å²) in [5, 5.41) is 11.5. The van der Waals surface area contributed by atoms with Gasteiger partial charge < -0.3 is 24.2 Å². The maximum atomic E-state index is 13.1. The number of nitrogens with zero attached hydrogens (tertiary/aromatic N) is 1. The Balaban J connectivity index is 2.21. The molecule has 2 aromatic carbocycles. The van der Waals surface area contributed by atoms with Gasteiger partial charge in [-0.25, -0.2) is 0 Å². The highest BCUT2D eigenvalue weighted by molar-refractivity contribution is 6.47. The lowest BCUT2D eigenvalue weighted by Crippen LogP contribution is -2.30. The molecule has 0 aromatic heterocycles. The van der Waals surface area contributed by atoms with Crippen molar-refractivity contribution in [1.29, 1.82) is 0 Å². The largest absolute Gasteiger partial charge is 0.507 e. The highest BCUT2D eigenvalue weighted by Crippen LogP contribution is 2.43. The molecule has 3 rings (SSSR count). The first-order valence-corrected chi connectivity index (χ1v) is 11.3. The van der Waals surface area contributed by atoms with Gasteiger partial charge in [-0.3, -0.25) is 9.59 Å². The van der Waals surface area contributed by atoms with E-state index < -0.39 is 17.7 Å². The van der Waals surface area contributed by atoms with E-state index in [0.29, 0.717) is 49.0 Å². The molecule has 7 nitrogen and oxygen atoms in total. The first-order valence-electron chi connectivity index (χ1n) is 10.9. The number of methoxy groups -OCH3 is 1. The van der Waals surface area contributed by atoms with Crippen LogP contribution in [0.3, 0.4) is 0 Å². The fourth-order valence-corrected chi connectivity index (χ4v) is 4.12. The summed E-state index contributed by atoms with van der Waals surface area (Å²) in [4.78, 5) is 27.5. The summed E-state index contributed by atoms with van der Waals surface area (Å²) in [7, 11) is 1.52. The Bertz CT molecular complexity index is 1080. The van der Waals surface area contributed by atoms with Crippen molar-refractivity contribution < 1.29 is 28.9 Å². The molecule has 1 saturated heterocycles. The zero-order valence-electron chi connectivity index (χ0n) is 19.2. The monoisotopic (exact) mass is 473 g/mol. The lowest BCUT2D eigenvalue weighted by atomic mass is 9.94. The van der Waals surface area contributed by atoms with Crippen LogP contribution in [0, 0.1) is 0 Å². The smallest absolute Gasteiger partial charge is 0.295 e. The number of ether oxygens (including phenoxy) is 3. The number of halogens is 1. The molecule has 0 radical (unpaired) electrons. The van der Waals surface area contributed by atoms with E-state index in [4.69, 9.17) is 25.8 Å². The average molecular weight is 474 g/mol. The Morgan fingerprint density at radius 1 is 1.03 bits per heavy atom. The third kappa shape index (κ3) is 4.78. The lowest BCUT2D eigenvalue weighted by Gasteiger charge is -2.25. The second-order valence-corrected chi connectivity index (χ2v) is 7.82. The van der Waals surface area contributed by atoms with E-state index in [1.165, 1.54) is 12.0 Å². The molecule has 1 amide bonds. The number of ketones is 1. The van der Waals surface area contributed by atoms with Gasteiger partial charge in [0.15, 0.2) is 11.5 Å². The molecular weight excluding hydrogens is 446 g/mol. The Morgan fingerprint density at radius 2 is 1.76 bits per heavy atom. The van der Waals surface area contributed by atoms with Crippen LogP contribution in [0.5, 0.6) is 17.2 Å². The van der Waals surface area contributed by atoms with Crippen molar-refractivity contribution in [2.75, 3.05) is 26.9 Å². The Morgan fingerprint density at radius 3 is 2.39 bits per heavy atom. The molecule has 1 aliphatic heterocycles. The molecule has 0 spiro atoms. The van der Waals surface area contributed by atoms with Gasteiger partial charge in [0, 0.05) is 12.1 Å². The highest BCUT2D eigenvalue weighted by atomic mass is 35.5. The molecular formula is C25H28ClNO6. The molecule has 33 heavy (non-hydrogen) atoms. The van der Waals surface area contributed by atoms with Crippen molar-refractivity contribution >= 4 is 29.1 Å². The van der Waals surface area contributed by atoms with Crippen molar-refractivity contribution in [1.82, 2.24) is 4.90 Å². The number of carbonyl (C=O) groups is 2. The number of amides is 1. The van der Waals surface area contributed by atoms with Crippen molar-refractivity contribution in [2.24, 2.45) is 0 Å². The minimum absolute atomic E-state index is 0.0322. The van der Waals surface area contributed by atoms with Crippen LogP contribution in [-0.4, -0.2) is 48.6 Å². The Kier molecular flexibility index (Phi) is 7.87. The molecule has 0 bridgehead atoms. The number of aliphatic hydroxyl groups excluding tert-OH is 1. The van der Waals surface area contributed by atoms with Crippen LogP contribution in [0.4, 0.5) is 0 Å². The first-order chi connectivity index (χ1) is 15.9. The molecule has 0 aliphatic carbocycles. The van der Waals surface area contributed by atoms with Gasteiger partial charge in [0.1, 0.15) is 11.5 Å². The number of hydrogen-bond donors (Lipinski definition) is 1. The van der Waals surface area contributed by atoms with Crippen LogP contribution in [0.1, 0.15) is 44.4 Å². The summed E-state index contributed by atoms with van der Waals surface area (Å²) >= 11 is 6.35. The zero-order valence-corrected chi connectivity index (χ0v) is 19.9. The molecule has 1 unspecified atom stereocenters. The number of carbonyl (C=O) groups excluding carboxylic acids is 2. The third-order valence-electron chi connectivity index (χ3n) is 5.31. The van der Waals surface area contributed by atoms with Crippen molar-refractivity contribution in [3.05, 3.63) is 58.1 Å². The van der Waals surface area contributed by atoms with Crippen molar-refractivity contribution in [3.63, 3.8) is 0 Å². The molecule has 1 aliphatic rings. The van der Waals surface area contributed by atoms with Crippen LogP contribution in [0.15, 0.2) is 42.0 Å². The van der Waals surface area contributed by atoms with Crippen LogP contribution in [0.25, 0.3) is 5.76 Å². The Hall–Kier alpha value is -3.19. The SMILES string of the molecule is CCCN1C(=O)C(=O)/C(=C(/O)c2cc(OCC)ccc2Cl)C1c1ccc(OCC)c(OC)c1. The van der Waals surface area contributed by atoms with Crippen molar-refractivity contribution in [3.8, 4) is 17.2 Å². The van der Waals surface area contributed by atoms with Crippen LogP contribution in [0.2, 0.25) is 5.02 Å². The topological polar surface area (TPSA) is 85.3 Å². The van der Waals surface area contributed by atoms with Gasteiger partial charge in [-0.15, -0.1) is 0 Å². The van der Waals surface area contributed by atoms with Gasteiger partial charge in [-0.1, -0.05) is 24.6 Å². The minimum Gasteiger partial charge on any atom is -0.507 e. The fourth-order valence-electron chi connectivity index (χ4n) is 3.91. The van der Waals surface area contributed by atoms with E-state index in [0.717, 1.165) is 0 Å². The number of hydrogen-bond acceptors (Lipinski definition) is 6. The van der Waals surface area contributed by atoms with Gasteiger partial charge >= 0.3 is 0 Å². The van der Waals surface area contributed by atoms with Gasteiger partial charge in [-0.05, 0) is 56.2 Å². The van der Waals surface area contributed by atoms with Crippen LogP contribution >= 0.6 is 11.6 Å². The summed E-state index contributed by atoms with van der Waals surface area (Å²) in [6, 6.07) is 9.22. The third-order valence-corrected chi connectivity index (χ3v) is 5.64. The maximum Gasteiger partial charge on any atom is 0.295 e. The summed E-state index contributed by atoms with van der Waals surface area (Å²) in [5.41, 5.74) is 0.803. The fraction of sp³-hybridized carbons (Fsp3) is 0.360. The molecule has 0 saturated carbocycles. The van der Waals surface area contributed by atoms with Gasteiger partial charge in [0.05, 0.1) is 37.0 Å². The molecule has 2 aromatic rings. The normalized spacial score (nSPS) is 17.4. The summed E-state index contributed by atoms with van der Waals surface area (Å²) in [6.07, 6.45) is 0.637. The Labute approximate surface area is 198 Å². The maximum absolute atomic E-state index is 13.1. The minimum atomic E-state index is -0.804. The lowest BCUT2D eigenvalue weighted by molar-refractivity contribution is -0.139. The van der Waals surface area contributed by atoms with Crippen LogP contribution in [-0.2, 0) is 9.59 Å². The standard InChI is InChI=1S/C25H28ClNO6/c1-5-12-27-22(15-8-11-19(33-7-3)20(13-15)31-4)21(24(29)25(27)30)23(28)17-14-16(32-6-2)9-10-18(17)26/h8-11,13-14,22,28H,5-7,12H2,1-4H3/b23-21+. The molecule has 1 N–H and O–H groups in total. The zero-order chi connectivity index (χ0) is 24.1. The number of rotatable bonds is 9. The number of Topliss-reactive ketones (excluding diaryl/α,β-unsaturated/α-hetero) is 1. The second kappa shape index (κ2) is 10.6. The number of aliphatic hydroxyl groups is 1. The summed E-state index contributed by atoms with van der Waals surface area (Å²) < 4.78 is 16.6. The predicted octanol–water partition coefficient (Wildman–Crippen LogP) is 4.98. The molecule has 1 fully saturated rings. The van der Waals surface area contributed by atoms with E-state index in [9.17, 15) is 14.7 Å².